The fourth-order valence-electron chi connectivity index (χ4n) is 1.91. The molecule has 1 aromatic rings. The quantitative estimate of drug-likeness (QED) is 0.731. The number of nitrogens with one attached hydrogen (secondary N) is 1. The predicted molar refractivity (Wildman–Crippen MR) is 85.9 cm³/mol. The van der Waals surface area contributed by atoms with Crippen LogP contribution in [0.25, 0.3) is 0 Å². The van der Waals surface area contributed by atoms with Crippen molar-refractivity contribution in [3.63, 3.8) is 0 Å². The summed E-state index contributed by atoms with van der Waals surface area (Å²) in [5.74, 6) is 0.644. The Hall–Kier alpha value is -0.590. The molecule has 20 heavy (non-hydrogen) atoms. The van der Waals surface area contributed by atoms with Gasteiger partial charge in [0.2, 0.25) is 0 Å². The summed E-state index contributed by atoms with van der Waals surface area (Å²) in [6.45, 7) is 4.46. The number of benzene rings is 1. The van der Waals surface area contributed by atoms with Gasteiger partial charge >= 0.3 is 5.97 Å². The highest BCUT2D eigenvalue weighted by atomic mass is 79.9. The second-order valence-electron chi connectivity index (χ2n) is 4.71. The first-order chi connectivity index (χ1) is 9.40. The molecule has 0 aliphatic rings. The van der Waals surface area contributed by atoms with Crippen molar-refractivity contribution in [1.29, 1.82) is 0 Å². The molecule has 4 nitrogen and oxygen atoms in total. The van der Waals surface area contributed by atoms with Gasteiger partial charge in [0.1, 0.15) is 11.8 Å². The van der Waals surface area contributed by atoms with Crippen LogP contribution in [0.1, 0.15) is 19.4 Å². The first-order valence-electron chi connectivity index (χ1n) is 6.23. The number of methoxy groups -OCH3 is 2. The summed E-state index contributed by atoms with van der Waals surface area (Å²) in [7, 11) is 3.02. The van der Waals surface area contributed by atoms with E-state index in [2.05, 4.69) is 37.2 Å². The van der Waals surface area contributed by atoms with Crippen LogP contribution in [0.5, 0.6) is 5.75 Å². The number of halogens is 2. The second-order valence-corrected chi connectivity index (χ2v) is 6.48. The van der Waals surface area contributed by atoms with Crippen molar-refractivity contribution in [2.75, 3.05) is 14.2 Å². The van der Waals surface area contributed by atoms with Gasteiger partial charge in [-0.25, -0.2) is 0 Å². The zero-order valence-corrected chi connectivity index (χ0v) is 15.2. The fraction of sp³-hybridized carbons (Fsp3) is 0.500. The lowest BCUT2D eigenvalue weighted by molar-refractivity contribution is -0.144. The molecule has 0 bridgehead atoms. The summed E-state index contributed by atoms with van der Waals surface area (Å²) in [4.78, 5) is 11.7. The number of ether oxygens (including phenoxy) is 2. The third kappa shape index (κ3) is 4.46. The van der Waals surface area contributed by atoms with Crippen LogP contribution < -0.4 is 10.1 Å². The topological polar surface area (TPSA) is 47.6 Å². The number of rotatable bonds is 6. The van der Waals surface area contributed by atoms with Crippen molar-refractivity contribution in [2.45, 2.75) is 26.4 Å². The first kappa shape index (κ1) is 17.5. The molecule has 112 valence electrons. The zero-order valence-electron chi connectivity index (χ0n) is 12.0. The largest absolute Gasteiger partial charge is 0.495 e. The summed E-state index contributed by atoms with van der Waals surface area (Å²) in [5.41, 5.74) is 0.961. The minimum Gasteiger partial charge on any atom is -0.495 e. The highest BCUT2D eigenvalue weighted by Crippen LogP contribution is 2.32. The fourth-order valence-corrected chi connectivity index (χ4v) is 3.39. The Balaban J connectivity index is 2.90. The maximum atomic E-state index is 11.7. The van der Waals surface area contributed by atoms with Crippen LogP contribution in [0.2, 0.25) is 0 Å². The van der Waals surface area contributed by atoms with Crippen molar-refractivity contribution in [3.05, 3.63) is 26.6 Å². The molecule has 0 radical (unpaired) electrons. The zero-order chi connectivity index (χ0) is 15.3. The highest BCUT2D eigenvalue weighted by Gasteiger charge is 2.23. The van der Waals surface area contributed by atoms with E-state index >= 15 is 0 Å². The van der Waals surface area contributed by atoms with Gasteiger partial charge < -0.3 is 9.47 Å². The van der Waals surface area contributed by atoms with Gasteiger partial charge in [0.25, 0.3) is 0 Å². The number of esters is 1. The molecule has 0 aliphatic heterocycles. The van der Waals surface area contributed by atoms with Gasteiger partial charge in [-0.3, -0.25) is 10.1 Å². The first-order valence-corrected chi connectivity index (χ1v) is 7.82. The molecule has 6 heteroatoms. The summed E-state index contributed by atoms with van der Waals surface area (Å²) >= 11 is 6.91. The standard InChI is InChI=1S/C14H19Br2NO3/c1-8(2)12(14(18)20-4)17-7-9-5-10(15)6-11(16)13(9)19-3/h5-6,8,12,17H,7H2,1-4H3/t12-/m0/s1. The van der Waals surface area contributed by atoms with Crippen molar-refractivity contribution in [2.24, 2.45) is 5.92 Å². The normalized spacial score (nSPS) is 12.3. The molecule has 0 saturated heterocycles. The molecule has 1 aromatic carbocycles. The Kier molecular flexibility index (Phi) is 6.99. The summed E-state index contributed by atoms with van der Waals surface area (Å²) < 4.78 is 12.0. The Morgan fingerprint density at radius 2 is 1.95 bits per heavy atom. The number of hydrogen-bond acceptors (Lipinski definition) is 4. The Morgan fingerprint density at radius 3 is 2.45 bits per heavy atom. The van der Waals surface area contributed by atoms with Crippen molar-refractivity contribution < 1.29 is 14.3 Å². The van der Waals surface area contributed by atoms with Gasteiger partial charge in [-0.1, -0.05) is 29.8 Å². The van der Waals surface area contributed by atoms with Gasteiger partial charge in [0.15, 0.2) is 0 Å². The van der Waals surface area contributed by atoms with E-state index in [1.807, 2.05) is 26.0 Å². The molecule has 1 rings (SSSR count). The molecule has 1 N–H and O–H groups in total. The molecular formula is C14H19Br2NO3. The van der Waals surface area contributed by atoms with Gasteiger partial charge in [-0.15, -0.1) is 0 Å². The molecule has 1 atom stereocenters. The molecule has 0 aromatic heterocycles. The van der Waals surface area contributed by atoms with Crippen LogP contribution in [-0.2, 0) is 16.1 Å². The van der Waals surface area contributed by atoms with Gasteiger partial charge in [0, 0.05) is 16.6 Å². The van der Waals surface area contributed by atoms with E-state index in [1.165, 1.54) is 7.11 Å². The van der Waals surface area contributed by atoms with E-state index in [0.717, 1.165) is 20.3 Å². The maximum Gasteiger partial charge on any atom is 0.323 e. The Labute approximate surface area is 136 Å². The van der Waals surface area contributed by atoms with E-state index in [-0.39, 0.29) is 17.9 Å². The SMILES string of the molecule is COC(=O)[C@@H](NCc1cc(Br)cc(Br)c1OC)C(C)C. The smallest absolute Gasteiger partial charge is 0.323 e. The average Bonchev–Trinajstić information content (AvgIpc) is 2.37. The van der Waals surface area contributed by atoms with Gasteiger partial charge in [0.05, 0.1) is 18.7 Å². The minimum absolute atomic E-state index is 0.143. The molecule has 0 spiro atoms. The van der Waals surface area contributed by atoms with Crippen LogP contribution in [0.4, 0.5) is 0 Å². The van der Waals surface area contributed by atoms with Crippen molar-refractivity contribution in [3.8, 4) is 5.75 Å². The van der Waals surface area contributed by atoms with Crippen molar-refractivity contribution >= 4 is 37.8 Å². The van der Waals surface area contributed by atoms with E-state index in [4.69, 9.17) is 9.47 Å². The lowest BCUT2D eigenvalue weighted by Crippen LogP contribution is -2.41. The molecule has 0 aliphatic carbocycles. The van der Waals surface area contributed by atoms with E-state index in [0.29, 0.717) is 6.54 Å². The average molecular weight is 409 g/mol. The summed E-state index contributed by atoms with van der Waals surface area (Å²) in [6.07, 6.45) is 0. The monoisotopic (exact) mass is 407 g/mol. The van der Waals surface area contributed by atoms with E-state index in [9.17, 15) is 4.79 Å². The van der Waals surface area contributed by atoms with Crippen LogP contribution in [0.15, 0.2) is 21.1 Å². The van der Waals surface area contributed by atoms with Crippen molar-refractivity contribution in [1.82, 2.24) is 5.32 Å². The van der Waals surface area contributed by atoms with Crippen LogP contribution >= 0.6 is 31.9 Å². The molecule has 0 saturated carbocycles. The third-order valence-corrected chi connectivity index (χ3v) is 3.97. The highest BCUT2D eigenvalue weighted by molar-refractivity contribution is 9.11. The second kappa shape index (κ2) is 8.00. The maximum absolute atomic E-state index is 11.7. The number of hydrogen-bond donors (Lipinski definition) is 1. The minimum atomic E-state index is -0.345. The molecular weight excluding hydrogens is 390 g/mol. The van der Waals surface area contributed by atoms with E-state index < -0.39 is 0 Å². The van der Waals surface area contributed by atoms with Crippen LogP contribution in [-0.4, -0.2) is 26.2 Å². The predicted octanol–water partition coefficient (Wildman–Crippen LogP) is 3.51. The molecule has 0 fully saturated rings. The number of carbonyl (C=O) groups excluding carboxylic acids is 1. The Morgan fingerprint density at radius 1 is 1.30 bits per heavy atom. The summed E-state index contributed by atoms with van der Waals surface area (Å²) in [6, 6.07) is 3.54. The Bertz CT molecular complexity index is 478. The molecule has 0 amide bonds. The molecule has 0 unspecified atom stereocenters. The van der Waals surface area contributed by atoms with Gasteiger partial charge in [-0.2, -0.15) is 0 Å². The lowest BCUT2D eigenvalue weighted by atomic mass is 10.0. The summed E-state index contributed by atoms with van der Waals surface area (Å²) in [5, 5.41) is 3.22. The van der Waals surface area contributed by atoms with E-state index in [1.54, 1.807) is 7.11 Å². The number of carbonyl (C=O) groups is 1. The van der Waals surface area contributed by atoms with Gasteiger partial charge in [-0.05, 0) is 34.0 Å². The van der Waals surface area contributed by atoms with Crippen LogP contribution in [0, 0.1) is 5.92 Å². The lowest BCUT2D eigenvalue weighted by Gasteiger charge is -2.21. The molecule has 0 heterocycles. The van der Waals surface area contributed by atoms with Crippen LogP contribution in [0.3, 0.4) is 0 Å². The third-order valence-electron chi connectivity index (χ3n) is 2.92.